The first-order chi connectivity index (χ1) is 10.9. The van der Waals surface area contributed by atoms with E-state index in [-0.39, 0.29) is 18.6 Å². The molecule has 6 atom stereocenters. The number of aliphatic hydroxyl groups excluding tert-OH is 2. The van der Waals surface area contributed by atoms with Gasteiger partial charge in [0.2, 0.25) is 0 Å². The molecule has 4 aliphatic carbocycles. The first-order valence-corrected chi connectivity index (χ1v) is 9.34. The molecule has 4 fully saturated rings. The van der Waals surface area contributed by atoms with Crippen LogP contribution in [-0.2, 0) is 18.6 Å². The van der Waals surface area contributed by atoms with E-state index in [2.05, 4.69) is 32.6 Å². The molecule has 2 nitrogen and oxygen atoms in total. The topological polar surface area (TPSA) is 40.5 Å². The summed E-state index contributed by atoms with van der Waals surface area (Å²) in [6.07, 6.45) is 11.2. The van der Waals surface area contributed by atoms with Crippen LogP contribution < -0.4 is 0 Å². The van der Waals surface area contributed by atoms with Crippen LogP contribution in [0, 0.1) is 22.7 Å². The number of allylic oxidation sites excluding steroid dienone is 3. The predicted molar refractivity (Wildman–Crippen MR) is 92.8 cm³/mol. The van der Waals surface area contributed by atoms with Gasteiger partial charge in [-0.15, -0.1) is 0 Å². The fraction of sp³-hybridized carbons (Fsp3) is 0.714. The van der Waals surface area contributed by atoms with Crippen molar-refractivity contribution >= 4 is 0 Å². The summed E-state index contributed by atoms with van der Waals surface area (Å²) in [6.45, 7) is 9.01. The minimum absolute atomic E-state index is 0. The average molecular weight is 365 g/mol. The van der Waals surface area contributed by atoms with Crippen LogP contribution in [0.2, 0.25) is 0 Å². The molecule has 4 aliphatic rings. The largest absolute Gasteiger partial charge is 0.393 e. The van der Waals surface area contributed by atoms with Crippen LogP contribution in [0.5, 0.6) is 0 Å². The summed E-state index contributed by atoms with van der Waals surface area (Å²) in [5, 5.41) is 19.9. The molecule has 0 aromatic heterocycles. The monoisotopic (exact) mass is 365 g/mol. The molecule has 4 rings (SSSR count). The number of hydrogen-bond acceptors (Lipinski definition) is 2. The van der Waals surface area contributed by atoms with Crippen molar-refractivity contribution in [3.63, 3.8) is 0 Å². The first kappa shape index (κ1) is 18.5. The fourth-order valence-corrected chi connectivity index (χ4v) is 6.23. The van der Waals surface area contributed by atoms with Crippen molar-refractivity contribution in [1.82, 2.24) is 0 Å². The van der Waals surface area contributed by atoms with Gasteiger partial charge in [-0.25, -0.2) is 0 Å². The summed E-state index contributed by atoms with van der Waals surface area (Å²) in [5.41, 5.74) is 4.43. The van der Waals surface area contributed by atoms with Crippen molar-refractivity contribution in [1.29, 1.82) is 0 Å². The van der Waals surface area contributed by atoms with E-state index in [4.69, 9.17) is 0 Å². The standard InChI is InChI=1S/C21H30O2.V/c1-13-9-17-12-21(17)16(5-4-8-20(13,21)3)7-6-15-10-18(22)11-19(23)14(15)2;/h6-7,13,17-19,22-23H,2,4-5,8-12H2,1,3H3;/b15-6-,16-7+;/t13-,17?,18?,19?,20+,21?;/m0./s1. The van der Waals surface area contributed by atoms with Crippen molar-refractivity contribution in [2.45, 2.75) is 71.0 Å². The summed E-state index contributed by atoms with van der Waals surface area (Å²) in [4.78, 5) is 0. The van der Waals surface area contributed by atoms with Crippen molar-refractivity contribution in [3.05, 3.63) is 35.5 Å². The second-order valence-corrected chi connectivity index (χ2v) is 8.80. The maximum Gasteiger partial charge on any atom is 0.0811 e. The van der Waals surface area contributed by atoms with Gasteiger partial charge in [0.15, 0.2) is 0 Å². The van der Waals surface area contributed by atoms with E-state index in [9.17, 15) is 10.2 Å². The molecule has 4 saturated carbocycles. The van der Waals surface area contributed by atoms with Gasteiger partial charge in [0.25, 0.3) is 0 Å². The molecule has 0 saturated heterocycles. The Morgan fingerprint density at radius 2 is 1.96 bits per heavy atom. The van der Waals surface area contributed by atoms with E-state index in [0.29, 0.717) is 23.7 Å². The normalized spacial score (nSPS) is 50.4. The Morgan fingerprint density at radius 1 is 1.21 bits per heavy atom. The number of aliphatic hydroxyl groups is 2. The summed E-state index contributed by atoms with van der Waals surface area (Å²) in [5.74, 6) is 1.74. The molecule has 24 heavy (non-hydrogen) atoms. The van der Waals surface area contributed by atoms with Gasteiger partial charge in [0, 0.05) is 30.4 Å². The Bertz CT molecular complexity index is 607. The summed E-state index contributed by atoms with van der Waals surface area (Å²) in [6, 6.07) is 0. The van der Waals surface area contributed by atoms with Gasteiger partial charge in [-0.2, -0.15) is 0 Å². The minimum atomic E-state index is -0.585. The molecule has 0 aromatic carbocycles. The molecule has 3 heteroatoms. The molecule has 0 heterocycles. The van der Waals surface area contributed by atoms with Crippen LogP contribution in [0.25, 0.3) is 0 Å². The molecule has 131 valence electrons. The molecule has 2 N–H and O–H groups in total. The number of rotatable bonds is 1. The van der Waals surface area contributed by atoms with E-state index < -0.39 is 12.2 Å². The second-order valence-electron chi connectivity index (χ2n) is 8.80. The Hall–Kier alpha value is -0.276. The van der Waals surface area contributed by atoms with Gasteiger partial charge in [0.1, 0.15) is 0 Å². The van der Waals surface area contributed by atoms with Gasteiger partial charge in [0.05, 0.1) is 12.2 Å². The maximum absolute atomic E-state index is 10.0. The third-order valence-corrected chi connectivity index (χ3v) is 7.82. The van der Waals surface area contributed by atoms with Crippen LogP contribution in [0.15, 0.2) is 35.5 Å². The minimum Gasteiger partial charge on any atom is -0.393 e. The third kappa shape index (κ3) is 2.45. The van der Waals surface area contributed by atoms with Crippen molar-refractivity contribution < 1.29 is 28.8 Å². The summed E-state index contributed by atoms with van der Waals surface area (Å²) in [7, 11) is 0. The van der Waals surface area contributed by atoms with E-state index in [0.717, 1.165) is 23.0 Å². The third-order valence-electron chi connectivity index (χ3n) is 7.82. The molecule has 0 amide bonds. The molecular weight excluding hydrogens is 335 g/mol. The summed E-state index contributed by atoms with van der Waals surface area (Å²) >= 11 is 0. The van der Waals surface area contributed by atoms with Gasteiger partial charge in [-0.05, 0) is 66.9 Å². The number of hydrogen-bond donors (Lipinski definition) is 2. The fourth-order valence-electron chi connectivity index (χ4n) is 6.23. The van der Waals surface area contributed by atoms with E-state index in [1.165, 1.54) is 32.1 Å². The van der Waals surface area contributed by atoms with Crippen molar-refractivity contribution in [3.8, 4) is 0 Å². The maximum atomic E-state index is 10.0. The van der Waals surface area contributed by atoms with Crippen LogP contribution in [-0.4, -0.2) is 22.4 Å². The van der Waals surface area contributed by atoms with Crippen LogP contribution >= 0.6 is 0 Å². The zero-order valence-electron chi connectivity index (χ0n) is 15.0. The zero-order valence-corrected chi connectivity index (χ0v) is 16.4. The van der Waals surface area contributed by atoms with Crippen molar-refractivity contribution in [2.24, 2.45) is 22.7 Å². The van der Waals surface area contributed by atoms with Gasteiger partial charge in [-0.1, -0.05) is 38.2 Å². The zero-order chi connectivity index (χ0) is 16.4. The van der Waals surface area contributed by atoms with Gasteiger partial charge in [-0.3, -0.25) is 0 Å². The van der Waals surface area contributed by atoms with Crippen molar-refractivity contribution in [2.75, 3.05) is 0 Å². The van der Waals surface area contributed by atoms with Gasteiger partial charge < -0.3 is 10.2 Å². The predicted octanol–water partition coefficient (Wildman–Crippen LogP) is 4.14. The average Bonchev–Trinajstić information content (AvgIpc) is 3.15. The molecule has 0 aromatic rings. The Morgan fingerprint density at radius 3 is 2.71 bits per heavy atom. The molecule has 1 radical (unpaired) electrons. The Balaban J connectivity index is 0.00000169. The molecule has 0 aliphatic heterocycles. The van der Waals surface area contributed by atoms with E-state index in [1.807, 2.05) is 0 Å². The van der Waals surface area contributed by atoms with E-state index >= 15 is 0 Å². The molecular formula is C21H30O2V. The summed E-state index contributed by atoms with van der Waals surface area (Å²) < 4.78 is 0. The second kappa shape index (κ2) is 6.16. The van der Waals surface area contributed by atoms with Gasteiger partial charge >= 0.3 is 0 Å². The molecule has 1 spiro atoms. The quantitative estimate of drug-likeness (QED) is 0.733. The molecule has 0 bridgehead atoms. The van der Waals surface area contributed by atoms with Crippen LogP contribution in [0.1, 0.15) is 58.8 Å². The van der Waals surface area contributed by atoms with Crippen LogP contribution in [0.4, 0.5) is 0 Å². The van der Waals surface area contributed by atoms with E-state index in [1.54, 1.807) is 5.57 Å². The van der Waals surface area contributed by atoms with Crippen LogP contribution in [0.3, 0.4) is 0 Å². The first-order valence-electron chi connectivity index (χ1n) is 9.34. The SMILES string of the molecule is C=C1/C(=C\C=C2/CCC[C@]3(C)[C@@H](C)CC4CC243)CC(O)CC1O.[V]. The smallest absolute Gasteiger partial charge is 0.0811 e. The Labute approximate surface area is 158 Å². The molecule has 4 unspecified atom stereocenters. The Kier molecular flexibility index (Phi) is 4.75.